The molecule has 1 aliphatic rings. The zero-order valence-electron chi connectivity index (χ0n) is 21.5. The predicted molar refractivity (Wildman–Crippen MR) is 144 cm³/mol. The summed E-state index contributed by atoms with van der Waals surface area (Å²) in [6.45, 7) is 5.84. The van der Waals surface area contributed by atoms with Crippen LogP contribution in [0.15, 0.2) is 72.8 Å². The minimum absolute atomic E-state index is 0.105. The Labute approximate surface area is 218 Å². The highest BCUT2D eigenvalue weighted by molar-refractivity contribution is 5.56. The molecule has 0 radical (unpaired) electrons. The summed E-state index contributed by atoms with van der Waals surface area (Å²) in [6.07, 6.45) is 1.43. The second-order valence-electron chi connectivity index (χ2n) is 9.68. The van der Waals surface area contributed by atoms with Crippen molar-refractivity contribution in [3.63, 3.8) is 0 Å². The number of ether oxygens (including phenoxy) is 1. The van der Waals surface area contributed by atoms with E-state index in [2.05, 4.69) is 15.1 Å². The molecule has 0 saturated carbocycles. The number of anilines is 1. The quantitative estimate of drug-likeness (QED) is 0.361. The Hall–Kier alpha value is -3.00. The second kappa shape index (κ2) is 13.5. The molecule has 1 fully saturated rings. The molecule has 1 aliphatic heterocycles. The average Bonchev–Trinajstić information content (AvgIpc) is 2.92. The number of aliphatic hydroxyl groups is 1. The Balaban J connectivity index is 1.21. The number of aliphatic hydroxyl groups excluding tert-OH is 1. The van der Waals surface area contributed by atoms with Gasteiger partial charge >= 0.3 is 0 Å². The number of hydrogen-bond acceptors (Lipinski definition) is 5. The van der Waals surface area contributed by atoms with Crippen molar-refractivity contribution in [2.45, 2.75) is 24.9 Å². The molecular weight excluding hydrogens is 472 g/mol. The lowest BCUT2D eigenvalue weighted by atomic mass is 9.87. The summed E-state index contributed by atoms with van der Waals surface area (Å²) in [5, 5.41) is 13.8. The number of piperazine rings is 1. The fourth-order valence-electron chi connectivity index (χ4n) is 5.01. The van der Waals surface area contributed by atoms with Crippen LogP contribution in [0.2, 0.25) is 0 Å². The Morgan fingerprint density at radius 2 is 1.41 bits per heavy atom. The number of hydrogen-bond donors (Lipinski definition) is 2. The molecule has 3 aromatic carbocycles. The monoisotopic (exact) mass is 509 g/mol. The lowest BCUT2D eigenvalue weighted by Crippen LogP contribution is -2.49. The molecule has 37 heavy (non-hydrogen) atoms. The van der Waals surface area contributed by atoms with Gasteiger partial charge in [-0.15, -0.1) is 0 Å². The van der Waals surface area contributed by atoms with E-state index >= 15 is 0 Å². The number of halogens is 2. The molecule has 7 heteroatoms. The van der Waals surface area contributed by atoms with Crippen LogP contribution in [0.25, 0.3) is 0 Å². The van der Waals surface area contributed by atoms with Gasteiger partial charge in [0.05, 0.1) is 18.9 Å². The van der Waals surface area contributed by atoms with E-state index in [0.29, 0.717) is 13.1 Å². The lowest BCUT2D eigenvalue weighted by Gasteiger charge is -2.36. The van der Waals surface area contributed by atoms with Crippen molar-refractivity contribution in [2.75, 3.05) is 58.2 Å². The molecule has 1 atom stereocenters. The van der Waals surface area contributed by atoms with Crippen molar-refractivity contribution >= 4 is 5.69 Å². The summed E-state index contributed by atoms with van der Waals surface area (Å²) in [4.78, 5) is 4.77. The first-order valence-electron chi connectivity index (χ1n) is 13.0. The van der Waals surface area contributed by atoms with E-state index in [-0.39, 0.29) is 17.6 Å². The zero-order chi connectivity index (χ0) is 26.0. The summed E-state index contributed by atoms with van der Waals surface area (Å²) in [6, 6.07) is 21.0. The summed E-state index contributed by atoms with van der Waals surface area (Å²) in [7, 11) is 1.64. The first kappa shape index (κ1) is 27.0. The number of nitrogens with one attached hydrogen (secondary N) is 1. The molecule has 4 rings (SSSR count). The van der Waals surface area contributed by atoms with Crippen molar-refractivity contribution in [3.05, 3.63) is 95.6 Å². The largest absolute Gasteiger partial charge is 0.495 e. The standard InChI is InChI=1S/C30H37F2N3O2/c1-37-30-7-3-2-6-29(30)33-21-27(36)22-35-19-17-34(18-20-35)16-4-5-28(23-8-12-25(31)13-9-23)24-10-14-26(32)15-11-24/h2-3,6-15,27-28,33,36H,4-5,16-22H2,1H3. The fraction of sp³-hybridized carbons (Fsp3) is 0.400. The Kier molecular flexibility index (Phi) is 9.88. The van der Waals surface area contributed by atoms with Crippen molar-refractivity contribution in [1.29, 1.82) is 0 Å². The third kappa shape index (κ3) is 7.99. The lowest BCUT2D eigenvalue weighted by molar-refractivity contribution is 0.0775. The van der Waals surface area contributed by atoms with Gasteiger partial charge in [0.2, 0.25) is 0 Å². The molecule has 0 amide bonds. The third-order valence-corrected chi connectivity index (χ3v) is 7.08. The first-order valence-corrected chi connectivity index (χ1v) is 13.0. The Bertz CT molecular complexity index is 1040. The van der Waals surface area contributed by atoms with Gasteiger partial charge in [-0.3, -0.25) is 4.90 Å². The predicted octanol–water partition coefficient (Wildman–Crippen LogP) is 4.98. The number of rotatable bonds is 12. The topological polar surface area (TPSA) is 48.0 Å². The molecule has 0 aromatic heterocycles. The Morgan fingerprint density at radius 3 is 2.00 bits per heavy atom. The van der Waals surface area contributed by atoms with Gasteiger partial charge in [-0.25, -0.2) is 8.78 Å². The fourth-order valence-corrected chi connectivity index (χ4v) is 5.01. The highest BCUT2D eigenvalue weighted by Crippen LogP contribution is 2.30. The summed E-state index contributed by atoms with van der Waals surface area (Å²) in [5.74, 6) is 0.373. The van der Waals surface area contributed by atoms with Gasteiger partial charge in [0.15, 0.2) is 0 Å². The van der Waals surface area contributed by atoms with Crippen LogP contribution in [0, 0.1) is 11.6 Å². The van der Waals surface area contributed by atoms with Gasteiger partial charge in [-0.2, -0.15) is 0 Å². The van der Waals surface area contributed by atoms with Gasteiger partial charge in [0.1, 0.15) is 17.4 Å². The van der Waals surface area contributed by atoms with Crippen molar-refractivity contribution in [1.82, 2.24) is 9.80 Å². The van der Waals surface area contributed by atoms with Crippen LogP contribution in [-0.4, -0.2) is 73.9 Å². The molecule has 1 saturated heterocycles. The number of methoxy groups -OCH3 is 1. The van der Waals surface area contributed by atoms with Gasteiger partial charge < -0.3 is 20.1 Å². The molecule has 1 unspecified atom stereocenters. The number of nitrogens with zero attached hydrogens (tertiary/aromatic N) is 2. The van der Waals surface area contributed by atoms with E-state index in [4.69, 9.17) is 4.74 Å². The van der Waals surface area contributed by atoms with Crippen LogP contribution in [0.1, 0.15) is 29.9 Å². The van der Waals surface area contributed by atoms with Gasteiger partial charge in [-0.1, -0.05) is 36.4 Å². The van der Waals surface area contributed by atoms with Crippen molar-refractivity contribution in [2.24, 2.45) is 0 Å². The second-order valence-corrected chi connectivity index (χ2v) is 9.68. The summed E-state index contributed by atoms with van der Waals surface area (Å²) < 4.78 is 32.3. The van der Waals surface area contributed by atoms with Crippen LogP contribution < -0.4 is 10.1 Å². The molecule has 0 bridgehead atoms. The molecule has 0 spiro atoms. The number of β-amino-alcohol motifs (C(OH)–C–C–N with tert-alkyl or cyclic N) is 1. The van der Waals surface area contributed by atoms with Gasteiger partial charge in [0, 0.05) is 45.2 Å². The summed E-state index contributed by atoms with van der Waals surface area (Å²) >= 11 is 0. The maximum absolute atomic E-state index is 13.5. The highest BCUT2D eigenvalue weighted by Gasteiger charge is 2.20. The van der Waals surface area contributed by atoms with Crippen LogP contribution in [-0.2, 0) is 0 Å². The molecule has 3 aromatic rings. The normalized spacial score (nSPS) is 15.6. The average molecular weight is 510 g/mol. The smallest absolute Gasteiger partial charge is 0.141 e. The van der Waals surface area contributed by atoms with Crippen LogP contribution in [0.5, 0.6) is 5.75 Å². The van der Waals surface area contributed by atoms with E-state index in [1.54, 1.807) is 7.11 Å². The van der Waals surface area contributed by atoms with E-state index < -0.39 is 6.10 Å². The molecule has 0 aliphatic carbocycles. The van der Waals surface area contributed by atoms with E-state index in [1.165, 1.54) is 24.3 Å². The van der Waals surface area contributed by atoms with Gasteiger partial charge in [-0.05, 0) is 66.9 Å². The molecular formula is C30H37F2N3O2. The summed E-state index contributed by atoms with van der Waals surface area (Å²) in [5.41, 5.74) is 2.98. The SMILES string of the molecule is COc1ccccc1NCC(O)CN1CCN(CCCC(c2ccc(F)cc2)c2ccc(F)cc2)CC1. The van der Waals surface area contributed by atoms with Crippen molar-refractivity contribution in [3.8, 4) is 5.75 Å². The van der Waals surface area contributed by atoms with Crippen LogP contribution >= 0.6 is 0 Å². The van der Waals surface area contributed by atoms with Crippen molar-refractivity contribution < 1.29 is 18.6 Å². The number of para-hydroxylation sites is 2. The maximum atomic E-state index is 13.5. The van der Waals surface area contributed by atoms with E-state index in [0.717, 1.165) is 68.1 Å². The zero-order valence-corrected chi connectivity index (χ0v) is 21.5. The highest BCUT2D eigenvalue weighted by atomic mass is 19.1. The molecule has 198 valence electrons. The van der Waals surface area contributed by atoms with E-state index in [9.17, 15) is 13.9 Å². The molecule has 1 heterocycles. The first-order chi connectivity index (χ1) is 18.0. The Morgan fingerprint density at radius 1 is 0.838 bits per heavy atom. The molecule has 2 N–H and O–H groups in total. The van der Waals surface area contributed by atoms with E-state index in [1.807, 2.05) is 48.5 Å². The maximum Gasteiger partial charge on any atom is 0.141 e. The van der Waals surface area contributed by atoms with Crippen LogP contribution in [0.3, 0.4) is 0 Å². The third-order valence-electron chi connectivity index (χ3n) is 7.08. The number of benzene rings is 3. The molecule has 5 nitrogen and oxygen atoms in total. The minimum Gasteiger partial charge on any atom is -0.495 e. The van der Waals surface area contributed by atoms with Gasteiger partial charge in [0.25, 0.3) is 0 Å². The minimum atomic E-state index is -0.469. The van der Waals surface area contributed by atoms with Crippen LogP contribution in [0.4, 0.5) is 14.5 Å².